The maximum absolute atomic E-state index is 13.6. The Balaban J connectivity index is 2.22. The van der Waals surface area contributed by atoms with Crippen LogP contribution in [0, 0.1) is 5.82 Å². The third-order valence-electron chi connectivity index (χ3n) is 2.71. The van der Waals surface area contributed by atoms with E-state index in [-0.39, 0.29) is 23.0 Å². The molecular weight excluding hydrogens is 279 g/mol. The normalized spacial score (nSPS) is 10.7. The number of rotatable bonds is 4. The van der Waals surface area contributed by atoms with Gasteiger partial charge in [-0.1, -0.05) is 13.8 Å². The number of benzene rings is 1. The second-order valence-electron chi connectivity index (χ2n) is 4.65. The van der Waals surface area contributed by atoms with Crippen LogP contribution in [0.1, 0.15) is 46.6 Å². The summed E-state index contributed by atoms with van der Waals surface area (Å²) in [6, 6.07) is 3.11. The molecule has 0 fully saturated rings. The zero-order chi connectivity index (χ0) is 15.6. The molecule has 7 nitrogen and oxygen atoms in total. The van der Waals surface area contributed by atoms with E-state index in [1.54, 1.807) is 0 Å². The summed E-state index contributed by atoms with van der Waals surface area (Å²) in [5, 5.41) is 17.4. The lowest BCUT2D eigenvalue weighted by molar-refractivity contribution is 0.0696. The first-order valence-electron chi connectivity index (χ1n) is 6.15. The van der Waals surface area contributed by atoms with Gasteiger partial charge in [0.25, 0.3) is 5.91 Å². The van der Waals surface area contributed by atoms with E-state index >= 15 is 0 Å². The van der Waals surface area contributed by atoms with E-state index in [1.807, 2.05) is 13.8 Å². The summed E-state index contributed by atoms with van der Waals surface area (Å²) >= 11 is 0. The molecule has 0 aliphatic rings. The molecule has 1 heterocycles. The molecule has 0 aliphatic heterocycles. The minimum atomic E-state index is -1.22. The van der Waals surface area contributed by atoms with Gasteiger partial charge in [-0.05, 0) is 18.2 Å². The lowest BCUT2D eigenvalue weighted by Crippen LogP contribution is -2.15. The highest BCUT2D eigenvalue weighted by atomic mass is 19.1. The highest BCUT2D eigenvalue weighted by Gasteiger charge is 2.17. The first-order valence-corrected chi connectivity index (χ1v) is 6.15. The molecule has 0 aliphatic carbocycles. The van der Waals surface area contributed by atoms with Crippen molar-refractivity contribution in [2.75, 3.05) is 5.32 Å². The monoisotopic (exact) mass is 292 g/mol. The van der Waals surface area contributed by atoms with Crippen molar-refractivity contribution in [3.63, 3.8) is 0 Å². The summed E-state index contributed by atoms with van der Waals surface area (Å²) in [4.78, 5) is 26.7. The van der Waals surface area contributed by atoms with Gasteiger partial charge in [0.2, 0.25) is 5.82 Å². The maximum Gasteiger partial charge on any atom is 0.335 e. The van der Waals surface area contributed by atoms with Gasteiger partial charge < -0.3 is 10.4 Å². The standard InChI is InChI=1S/C13H13FN4O3/c1-6(2)10-16-11(18-17-10)12(19)15-9-5-7(13(20)21)3-4-8(9)14/h3-6H,1-2H3,(H,15,19)(H,20,21)(H,16,17,18). The molecule has 0 saturated carbocycles. The number of aromatic nitrogens is 3. The van der Waals surface area contributed by atoms with E-state index in [0.29, 0.717) is 5.82 Å². The minimum absolute atomic E-state index is 0.0612. The Morgan fingerprint density at radius 2 is 2.10 bits per heavy atom. The van der Waals surface area contributed by atoms with E-state index < -0.39 is 17.7 Å². The molecule has 0 unspecified atom stereocenters. The van der Waals surface area contributed by atoms with Crippen molar-refractivity contribution >= 4 is 17.6 Å². The number of hydrogen-bond donors (Lipinski definition) is 3. The van der Waals surface area contributed by atoms with Gasteiger partial charge in [0.15, 0.2) is 0 Å². The predicted octanol–water partition coefficient (Wildman–Crippen LogP) is 2.02. The van der Waals surface area contributed by atoms with E-state index in [1.165, 1.54) is 0 Å². The molecule has 0 radical (unpaired) electrons. The lowest BCUT2D eigenvalue weighted by Gasteiger charge is -2.05. The van der Waals surface area contributed by atoms with Crippen LogP contribution in [0.15, 0.2) is 18.2 Å². The molecule has 3 N–H and O–H groups in total. The molecule has 110 valence electrons. The summed E-state index contributed by atoms with van der Waals surface area (Å²) in [6.07, 6.45) is 0. The Bertz CT molecular complexity index is 696. The highest BCUT2D eigenvalue weighted by molar-refractivity contribution is 6.02. The second kappa shape index (κ2) is 5.70. The summed E-state index contributed by atoms with van der Waals surface area (Å²) in [7, 11) is 0. The van der Waals surface area contributed by atoms with E-state index in [9.17, 15) is 14.0 Å². The zero-order valence-corrected chi connectivity index (χ0v) is 11.3. The van der Waals surface area contributed by atoms with Gasteiger partial charge in [-0.25, -0.2) is 14.2 Å². The van der Waals surface area contributed by atoms with Gasteiger partial charge in [0, 0.05) is 5.92 Å². The number of aromatic amines is 1. The Morgan fingerprint density at radius 1 is 1.38 bits per heavy atom. The fraction of sp³-hybridized carbons (Fsp3) is 0.231. The Kier molecular flexibility index (Phi) is 3.97. The number of carboxylic acid groups (broad SMARTS) is 1. The van der Waals surface area contributed by atoms with Gasteiger partial charge in [-0.15, -0.1) is 5.10 Å². The number of anilines is 1. The van der Waals surface area contributed by atoms with Gasteiger partial charge in [-0.3, -0.25) is 9.89 Å². The maximum atomic E-state index is 13.6. The molecule has 1 aromatic carbocycles. The van der Waals surface area contributed by atoms with Crippen molar-refractivity contribution < 1.29 is 19.1 Å². The number of halogens is 1. The first-order chi connectivity index (χ1) is 9.88. The summed E-state index contributed by atoms with van der Waals surface area (Å²) < 4.78 is 13.6. The average molecular weight is 292 g/mol. The summed E-state index contributed by atoms with van der Waals surface area (Å²) in [6.45, 7) is 3.75. The molecular formula is C13H13FN4O3. The Morgan fingerprint density at radius 3 is 2.67 bits per heavy atom. The number of H-pyrrole nitrogens is 1. The number of nitrogens with zero attached hydrogens (tertiary/aromatic N) is 2. The number of hydrogen-bond acceptors (Lipinski definition) is 4. The van der Waals surface area contributed by atoms with Crippen LogP contribution in [-0.2, 0) is 0 Å². The smallest absolute Gasteiger partial charge is 0.335 e. The molecule has 0 atom stereocenters. The van der Waals surface area contributed by atoms with Crippen LogP contribution in [0.3, 0.4) is 0 Å². The number of aromatic carboxylic acids is 1. The number of amides is 1. The molecule has 0 saturated heterocycles. The van der Waals surface area contributed by atoms with Crippen LogP contribution in [0.2, 0.25) is 0 Å². The van der Waals surface area contributed by atoms with Crippen molar-refractivity contribution in [1.29, 1.82) is 0 Å². The Labute approximate surface area is 119 Å². The first kappa shape index (κ1) is 14.6. The number of nitrogens with one attached hydrogen (secondary N) is 2. The Hall–Kier alpha value is -2.77. The van der Waals surface area contributed by atoms with Gasteiger partial charge >= 0.3 is 5.97 Å². The lowest BCUT2D eigenvalue weighted by atomic mass is 10.2. The largest absolute Gasteiger partial charge is 0.478 e. The fourth-order valence-electron chi connectivity index (χ4n) is 1.57. The summed E-state index contributed by atoms with van der Waals surface area (Å²) in [5.74, 6) is -2.23. The summed E-state index contributed by atoms with van der Waals surface area (Å²) in [5.41, 5.74) is -0.375. The van der Waals surface area contributed by atoms with Gasteiger partial charge in [0.1, 0.15) is 11.6 Å². The quantitative estimate of drug-likeness (QED) is 0.799. The molecule has 21 heavy (non-hydrogen) atoms. The topological polar surface area (TPSA) is 108 Å². The van der Waals surface area contributed by atoms with Gasteiger partial charge in [0.05, 0.1) is 11.3 Å². The van der Waals surface area contributed by atoms with Crippen molar-refractivity contribution in [3.05, 3.63) is 41.2 Å². The second-order valence-corrected chi connectivity index (χ2v) is 4.65. The van der Waals surface area contributed by atoms with Crippen molar-refractivity contribution in [1.82, 2.24) is 15.2 Å². The third kappa shape index (κ3) is 3.22. The highest BCUT2D eigenvalue weighted by Crippen LogP contribution is 2.17. The number of carboxylic acids is 1. The number of carbonyl (C=O) groups excluding carboxylic acids is 1. The molecule has 2 rings (SSSR count). The molecule has 0 spiro atoms. The molecule has 0 bridgehead atoms. The van der Waals surface area contributed by atoms with Crippen molar-refractivity contribution in [3.8, 4) is 0 Å². The third-order valence-corrected chi connectivity index (χ3v) is 2.71. The minimum Gasteiger partial charge on any atom is -0.478 e. The molecule has 1 amide bonds. The van der Waals surface area contributed by atoms with E-state index in [2.05, 4.69) is 20.5 Å². The van der Waals surface area contributed by atoms with Crippen LogP contribution in [0.4, 0.5) is 10.1 Å². The average Bonchev–Trinajstić information content (AvgIpc) is 2.90. The SMILES string of the molecule is CC(C)c1nc(C(=O)Nc2cc(C(=O)O)ccc2F)n[nH]1. The van der Waals surface area contributed by atoms with E-state index in [4.69, 9.17) is 5.11 Å². The zero-order valence-electron chi connectivity index (χ0n) is 11.3. The van der Waals surface area contributed by atoms with Crippen molar-refractivity contribution in [2.24, 2.45) is 0 Å². The van der Waals surface area contributed by atoms with Gasteiger partial charge in [-0.2, -0.15) is 0 Å². The van der Waals surface area contributed by atoms with Crippen LogP contribution < -0.4 is 5.32 Å². The van der Waals surface area contributed by atoms with Crippen LogP contribution in [-0.4, -0.2) is 32.2 Å². The van der Waals surface area contributed by atoms with Crippen LogP contribution in [0.25, 0.3) is 0 Å². The van der Waals surface area contributed by atoms with E-state index in [0.717, 1.165) is 18.2 Å². The molecule has 8 heteroatoms. The fourth-order valence-corrected chi connectivity index (χ4v) is 1.57. The molecule has 2 aromatic rings. The predicted molar refractivity (Wildman–Crippen MR) is 71.8 cm³/mol. The molecule has 1 aromatic heterocycles. The van der Waals surface area contributed by atoms with Crippen molar-refractivity contribution in [2.45, 2.75) is 19.8 Å². The van der Waals surface area contributed by atoms with Crippen LogP contribution in [0.5, 0.6) is 0 Å². The number of carbonyl (C=O) groups is 2. The van der Waals surface area contributed by atoms with Crippen LogP contribution >= 0.6 is 0 Å².